The van der Waals surface area contributed by atoms with Crippen LogP contribution < -0.4 is 0 Å². The molecule has 1 saturated heterocycles. The molecule has 0 aromatic carbocycles. The molecular formula is C13H23NO4. The maximum Gasteiger partial charge on any atom is 0.323 e. The normalized spacial score (nSPS) is 18.7. The Labute approximate surface area is 108 Å². The topological polar surface area (TPSA) is 55.8 Å². The van der Waals surface area contributed by atoms with Gasteiger partial charge in [-0.25, -0.2) is 0 Å². The molecule has 1 aliphatic heterocycles. The van der Waals surface area contributed by atoms with Crippen molar-refractivity contribution < 1.29 is 19.1 Å². The van der Waals surface area contributed by atoms with Crippen LogP contribution in [-0.2, 0) is 19.1 Å². The van der Waals surface area contributed by atoms with E-state index in [9.17, 15) is 9.59 Å². The Hall–Kier alpha value is -0.940. The Morgan fingerprint density at radius 2 is 1.94 bits per heavy atom. The number of ketones is 1. The smallest absolute Gasteiger partial charge is 0.323 e. The minimum absolute atomic E-state index is 0.202. The zero-order valence-corrected chi connectivity index (χ0v) is 11.3. The molecule has 1 fully saturated rings. The van der Waals surface area contributed by atoms with Gasteiger partial charge in [0, 0.05) is 32.5 Å². The summed E-state index contributed by atoms with van der Waals surface area (Å²) >= 11 is 0. The Bertz CT molecular complexity index is 270. The highest BCUT2D eigenvalue weighted by atomic mass is 16.6. The van der Waals surface area contributed by atoms with Gasteiger partial charge in [-0.05, 0) is 13.3 Å². The van der Waals surface area contributed by atoms with Gasteiger partial charge >= 0.3 is 5.97 Å². The van der Waals surface area contributed by atoms with Crippen LogP contribution in [0.15, 0.2) is 0 Å². The van der Waals surface area contributed by atoms with Crippen molar-refractivity contribution in [2.45, 2.75) is 39.2 Å². The number of carbonyl (C=O) groups excluding carboxylic acids is 2. The first kappa shape index (κ1) is 15.1. The van der Waals surface area contributed by atoms with Gasteiger partial charge in [0.05, 0.1) is 6.61 Å². The number of carbonyl (C=O) groups is 2. The molecule has 18 heavy (non-hydrogen) atoms. The van der Waals surface area contributed by atoms with Crippen LogP contribution in [0.5, 0.6) is 0 Å². The first-order valence-electron chi connectivity index (χ1n) is 6.69. The summed E-state index contributed by atoms with van der Waals surface area (Å²) < 4.78 is 10.3. The molecule has 0 N–H and O–H groups in total. The molecule has 1 rings (SSSR count). The zero-order valence-electron chi connectivity index (χ0n) is 11.3. The zero-order chi connectivity index (χ0) is 13.4. The highest BCUT2D eigenvalue weighted by molar-refractivity contribution is 5.80. The molecule has 0 aliphatic carbocycles. The lowest BCUT2D eigenvalue weighted by molar-refractivity contribution is -0.152. The Kier molecular flexibility index (Phi) is 6.90. The van der Waals surface area contributed by atoms with Gasteiger partial charge in [-0.1, -0.05) is 6.92 Å². The van der Waals surface area contributed by atoms with Crippen LogP contribution in [0, 0.1) is 0 Å². The molecule has 5 nitrogen and oxygen atoms in total. The average Bonchev–Trinajstić information content (AvgIpc) is 2.38. The molecule has 1 unspecified atom stereocenters. The van der Waals surface area contributed by atoms with Gasteiger partial charge < -0.3 is 9.47 Å². The van der Waals surface area contributed by atoms with Crippen LogP contribution in [0.3, 0.4) is 0 Å². The second-order valence-corrected chi connectivity index (χ2v) is 4.36. The molecule has 0 spiro atoms. The maximum atomic E-state index is 11.9. The summed E-state index contributed by atoms with van der Waals surface area (Å²) in [4.78, 5) is 25.1. The first-order valence-corrected chi connectivity index (χ1v) is 6.69. The third kappa shape index (κ3) is 4.74. The predicted molar refractivity (Wildman–Crippen MR) is 67.3 cm³/mol. The fourth-order valence-electron chi connectivity index (χ4n) is 2.10. The van der Waals surface area contributed by atoms with Crippen molar-refractivity contribution in [2.24, 2.45) is 0 Å². The Morgan fingerprint density at radius 1 is 1.28 bits per heavy atom. The van der Waals surface area contributed by atoms with Crippen molar-refractivity contribution in [1.29, 1.82) is 0 Å². The highest BCUT2D eigenvalue weighted by Gasteiger charge is 2.28. The van der Waals surface area contributed by atoms with Crippen molar-refractivity contribution in [1.82, 2.24) is 4.90 Å². The van der Waals surface area contributed by atoms with Crippen LogP contribution >= 0.6 is 0 Å². The standard InChI is InChI=1S/C13H23NO4/c1-3-12(13(16)18-10-9-17-4-2)14-7-5-11(15)6-8-14/h12H,3-10H2,1-2H3. The minimum atomic E-state index is -0.222. The molecular weight excluding hydrogens is 234 g/mol. The van der Waals surface area contributed by atoms with E-state index in [2.05, 4.69) is 0 Å². The van der Waals surface area contributed by atoms with Crippen LogP contribution in [0.1, 0.15) is 33.1 Å². The van der Waals surface area contributed by atoms with Crippen LogP contribution in [0.4, 0.5) is 0 Å². The van der Waals surface area contributed by atoms with E-state index in [1.165, 1.54) is 0 Å². The first-order chi connectivity index (χ1) is 8.69. The summed E-state index contributed by atoms with van der Waals surface area (Å²) in [6, 6.07) is -0.222. The summed E-state index contributed by atoms with van der Waals surface area (Å²) in [6.07, 6.45) is 1.80. The molecule has 0 bridgehead atoms. The monoisotopic (exact) mass is 257 g/mol. The fraction of sp³-hybridized carbons (Fsp3) is 0.846. The number of rotatable bonds is 7. The van der Waals surface area contributed by atoms with Crippen LogP contribution in [0.25, 0.3) is 0 Å². The molecule has 5 heteroatoms. The second kappa shape index (κ2) is 8.21. The molecule has 1 heterocycles. The Morgan fingerprint density at radius 3 is 2.50 bits per heavy atom. The lowest BCUT2D eigenvalue weighted by atomic mass is 10.1. The number of esters is 1. The maximum absolute atomic E-state index is 11.9. The second-order valence-electron chi connectivity index (χ2n) is 4.36. The van der Waals surface area contributed by atoms with E-state index in [0.29, 0.717) is 52.2 Å². The number of Topliss-reactive ketones (excluding diaryl/α,β-unsaturated/α-hetero) is 1. The molecule has 0 saturated carbocycles. The van der Waals surface area contributed by atoms with E-state index in [0.717, 1.165) is 0 Å². The van der Waals surface area contributed by atoms with Gasteiger partial charge in [-0.15, -0.1) is 0 Å². The Balaban J connectivity index is 2.34. The third-order valence-corrected chi connectivity index (χ3v) is 3.13. The molecule has 1 atom stereocenters. The third-order valence-electron chi connectivity index (χ3n) is 3.13. The molecule has 104 valence electrons. The number of hydrogen-bond acceptors (Lipinski definition) is 5. The van der Waals surface area contributed by atoms with Crippen LogP contribution in [-0.4, -0.2) is 55.6 Å². The van der Waals surface area contributed by atoms with E-state index >= 15 is 0 Å². The van der Waals surface area contributed by atoms with E-state index in [1.54, 1.807) is 0 Å². The molecule has 0 radical (unpaired) electrons. The van der Waals surface area contributed by atoms with Crippen molar-refractivity contribution in [3.63, 3.8) is 0 Å². The van der Waals surface area contributed by atoms with Gasteiger partial charge in [0.1, 0.15) is 18.4 Å². The van der Waals surface area contributed by atoms with Gasteiger partial charge in [0.25, 0.3) is 0 Å². The van der Waals surface area contributed by atoms with Gasteiger partial charge in [-0.2, -0.15) is 0 Å². The summed E-state index contributed by atoms with van der Waals surface area (Å²) in [6.45, 7) is 6.57. The molecule has 1 aliphatic rings. The van der Waals surface area contributed by atoms with E-state index in [-0.39, 0.29) is 17.8 Å². The van der Waals surface area contributed by atoms with E-state index in [4.69, 9.17) is 9.47 Å². The quantitative estimate of drug-likeness (QED) is 0.503. The molecule has 0 aromatic rings. The summed E-state index contributed by atoms with van der Waals surface area (Å²) in [5.41, 5.74) is 0. The average molecular weight is 257 g/mol. The SMILES string of the molecule is CCOCCOC(=O)C(CC)N1CCC(=O)CC1. The fourth-order valence-corrected chi connectivity index (χ4v) is 2.10. The van der Waals surface area contributed by atoms with Gasteiger partial charge in [0.15, 0.2) is 0 Å². The molecule has 0 amide bonds. The van der Waals surface area contributed by atoms with Gasteiger partial charge in [-0.3, -0.25) is 14.5 Å². The molecule has 0 aromatic heterocycles. The minimum Gasteiger partial charge on any atom is -0.462 e. The van der Waals surface area contributed by atoms with Gasteiger partial charge in [0.2, 0.25) is 0 Å². The summed E-state index contributed by atoms with van der Waals surface area (Å²) in [5.74, 6) is 0.0809. The largest absolute Gasteiger partial charge is 0.462 e. The van der Waals surface area contributed by atoms with Crippen LogP contribution in [0.2, 0.25) is 0 Å². The number of ether oxygens (including phenoxy) is 2. The summed E-state index contributed by atoms with van der Waals surface area (Å²) in [5, 5.41) is 0. The lowest BCUT2D eigenvalue weighted by Crippen LogP contribution is -2.46. The predicted octanol–water partition coefficient (Wildman–Crippen LogP) is 1.01. The summed E-state index contributed by atoms with van der Waals surface area (Å²) in [7, 11) is 0. The van der Waals surface area contributed by atoms with E-state index < -0.39 is 0 Å². The number of piperidine rings is 1. The number of likely N-dealkylation sites (tertiary alicyclic amines) is 1. The van der Waals surface area contributed by atoms with Crippen molar-refractivity contribution in [3.05, 3.63) is 0 Å². The number of nitrogens with zero attached hydrogens (tertiary/aromatic N) is 1. The van der Waals surface area contributed by atoms with Crippen molar-refractivity contribution in [2.75, 3.05) is 32.9 Å². The number of hydrogen-bond donors (Lipinski definition) is 0. The van der Waals surface area contributed by atoms with Crippen molar-refractivity contribution >= 4 is 11.8 Å². The highest BCUT2D eigenvalue weighted by Crippen LogP contribution is 2.13. The van der Waals surface area contributed by atoms with Crippen molar-refractivity contribution in [3.8, 4) is 0 Å². The lowest BCUT2D eigenvalue weighted by Gasteiger charge is -2.31. The van der Waals surface area contributed by atoms with E-state index in [1.807, 2.05) is 18.7 Å².